The Kier molecular flexibility index (Phi) is 5.16. The van der Waals surface area contributed by atoms with Crippen LogP contribution in [0.1, 0.15) is 26.6 Å². The average molecular weight is 458 g/mol. The molecular formula is C25H16ClN3O4. The van der Waals surface area contributed by atoms with Gasteiger partial charge in [0.15, 0.2) is 5.76 Å². The third-order valence-electron chi connectivity index (χ3n) is 5.13. The second-order valence-electron chi connectivity index (χ2n) is 7.28. The number of H-pyrrole nitrogens is 1. The molecule has 5 rings (SSSR count). The van der Waals surface area contributed by atoms with E-state index in [0.717, 1.165) is 0 Å². The zero-order chi connectivity index (χ0) is 22.9. The van der Waals surface area contributed by atoms with Crippen molar-refractivity contribution in [1.82, 2.24) is 10.2 Å². The van der Waals surface area contributed by atoms with E-state index in [-0.39, 0.29) is 28.7 Å². The van der Waals surface area contributed by atoms with Crippen LogP contribution in [0.4, 0.5) is 5.69 Å². The van der Waals surface area contributed by atoms with Gasteiger partial charge >= 0.3 is 0 Å². The first kappa shape index (κ1) is 20.5. The molecule has 2 aromatic heterocycles. The Labute approximate surface area is 192 Å². The molecule has 8 heteroatoms. The van der Waals surface area contributed by atoms with E-state index >= 15 is 0 Å². The number of anilines is 1. The molecule has 33 heavy (non-hydrogen) atoms. The Bertz CT molecular complexity index is 1500. The van der Waals surface area contributed by atoms with E-state index in [1.807, 2.05) is 6.07 Å². The fraction of sp³-hybridized carbons (Fsp3) is 0. The fourth-order valence-electron chi connectivity index (χ4n) is 3.52. The Morgan fingerprint density at radius 1 is 0.970 bits per heavy atom. The number of hydrogen-bond donors (Lipinski definition) is 3. The Morgan fingerprint density at radius 2 is 1.73 bits per heavy atom. The predicted octanol–water partition coefficient (Wildman–Crippen LogP) is 5.67. The molecular weight excluding hydrogens is 442 g/mol. The number of benzene rings is 3. The van der Waals surface area contributed by atoms with Crippen LogP contribution in [0.5, 0.6) is 5.75 Å². The third kappa shape index (κ3) is 3.86. The largest absolute Gasteiger partial charge is 0.507 e. The van der Waals surface area contributed by atoms with E-state index in [4.69, 9.17) is 16.0 Å². The van der Waals surface area contributed by atoms with Crippen LogP contribution in [0, 0.1) is 0 Å². The van der Waals surface area contributed by atoms with Crippen LogP contribution in [0.15, 0.2) is 83.3 Å². The van der Waals surface area contributed by atoms with Crippen LogP contribution in [0.2, 0.25) is 5.02 Å². The monoisotopic (exact) mass is 457 g/mol. The molecule has 3 N–H and O–H groups in total. The molecule has 0 fully saturated rings. The number of para-hydroxylation sites is 1. The minimum absolute atomic E-state index is 0.0190. The summed E-state index contributed by atoms with van der Waals surface area (Å²) in [6, 6.07) is 21.8. The highest BCUT2D eigenvalue weighted by atomic mass is 35.5. The van der Waals surface area contributed by atoms with Crippen molar-refractivity contribution in [2.24, 2.45) is 0 Å². The number of carbonyl (C=O) groups excluding carboxylic acids is 2. The van der Waals surface area contributed by atoms with Crippen molar-refractivity contribution in [3.63, 3.8) is 0 Å². The minimum Gasteiger partial charge on any atom is -0.507 e. The molecule has 5 aromatic rings. The summed E-state index contributed by atoms with van der Waals surface area (Å²) in [5.41, 5.74) is 2.04. The summed E-state index contributed by atoms with van der Waals surface area (Å²) in [4.78, 5) is 26.1. The number of nitrogens with one attached hydrogen (secondary N) is 2. The zero-order valence-corrected chi connectivity index (χ0v) is 17.8. The Morgan fingerprint density at radius 3 is 2.55 bits per heavy atom. The predicted molar refractivity (Wildman–Crippen MR) is 125 cm³/mol. The molecule has 0 unspecified atom stereocenters. The summed E-state index contributed by atoms with van der Waals surface area (Å²) in [7, 11) is 0. The van der Waals surface area contributed by atoms with Crippen molar-refractivity contribution in [3.8, 4) is 17.0 Å². The SMILES string of the molecule is O=C(Nc1c(C(=O)c2ccccc2)oc2ccccc12)c1cc(-c2cc(Cl)ccc2O)n[nH]1. The number of rotatable bonds is 5. The average Bonchev–Trinajstić information content (AvgIpc) is 3.46. The third-order valence-corrected chi connectivity index (χ3v) is 5.37. The van der Waals surface area contributed by atoms with Gasteiger partial charge < -0.3 is 14.8 Å². The molecule has 0 saturated carbocycles. The number of aromatic amines is 1. The number of aromatic hydroxyl groups is 1. The smallest absolute Gasteiger partial charge is 0.273 e. The van der Waals surface area contributed by atoms with E-state index in [0.29, 0.717) is 32.8 Å². The van der Waals surface area contributed by atoms with Crippen LogP contribution in [0.3, 0.4) is 0 Å². The lowest BCUT2D eigenvalue weighted by Gasteiger charge is -2.05. The first-order valence-corrected chi connectivity index (χ1v) is 10.4. The van der Waals surface area contributed by atoms with Gasteiger partial charge in [0, 0.05) is 21.5 Å². The number of amides is 1. The van der Waals surface area contributed by atoms with Crippen LogP contribution in [-0.2, 0) is 0 Å². The minimum atomic E-state index is -0.524. The number of hydrogen-bond acceptors (Lipinski definition) is 5. The number of phenols is 1. The lowest BCUT2D eigenvalue weighted by atomic mass is 10.1. The molecule has 0 atom stereocenters. The number of carbonyl (C=O) groups is 2. The molecule has 3 aromatic carbocycles. The molecule has 0 radical (unpaired) electrons. The normalized spacial score (nSPS) is 10.9. The number of ketones is 1. The Balaban J connectivity index is 1.51. The molecule has 0 spiro atoms. The number of furan rings is 1. The molecule has 0 bridgehead atoms. The molecule has 0 aliphatic heterocycles. The van der Waals surface area contributed by atoms with E-state index in [2.05, 4.69) is 15.5 Å². The zero-order valence-electron chi connectivity index (χ0n) is 17.0. The second kappa shape index (κ2) is 8.29. The molecule has 0 saturated heterocycles. The molecule has 0 aliphatic rings. The highest BCUT2D eigenvalue weighted by Crippen LogP contribution is 2.34. The molecule has 1 amide bonds. The van der Waals surface area contributed by atoms with E-state index in [9.17, 15) is 14.7 Å². The van der Waals surface area contributed by atoms with Gasteiger partial charge in [0.25, 0.3) is 5.91 Å². The number of fused-ring (bicyclic) bond motifs is 1. The highest BCUT2D eigenvalue weighted by Gasteiger charge is 2.24. The van der Waals surface area contributed by atoms with Gasteiger partial charge in [-0.3, -0.25) is 14.7 Å². The fourth-order valence-corrected chi connectivity index (χ4v) is 3.69. The lowest BCUT2D eigenvalue weighted by molar-refractivity contribution is 0.101. The van der Waals surface area contributed by atoms with Crippen molar-refractivity contribution in [1.29, 1.82) is 0 Å². The maximum atomic E-state index is 13.1. The van der Waals surface area contributed by atoms with Crippen LogP contribution in [0.25, 0.3) is 22.2 Å². The number of nitrogens with zero attached hydrogens (tertiary/aromatic N) is 1. The standard InChI is InChI=1S/C25H16ClN3O4/c26-15-10-11-20(30)17(12-15)18-13-19(29-28-18)25(32)27-22-16-8-4-5-9-21(16)33-24(22)23(31)14-6-2-1-3-7-14/h1-13,30H,(H,27,32)(H,28,29). The number of phenolic OH excluding ortho intramolecular Hbond substituents is 1. The lowest BCUT2D eigenvalue weighted by Crippen LogP contribution is -2.14. The Hall–Kier alpha value is -4.36. The van der Waals surface area contributed by atoms with Crippen molar-refractivity contribution in [2.75, 3.05) is 5.32 Å². The molecule has 0 aliphatic carbocycles. The topological polar surface area (TPSA) is 108 Å². The van der Waals surface area contributed by atoms with Crippen molar-refractivity contribution in [3.05, 3.63) is 101 Å². The first-order chi connectivity index (χ1) is 16.0. The van der Waals surface area contributed by atoms with Crippen molar-refractivity contribution in [2.45, 2.75) is 0 Å². The van der Waals surface area contributed by atoms with Crippen LogP contribution in [-0.4, -0.2) is 27.0 Å². The summed E-state index contributed by atoms with van der Waals surface area (Å²) in [6.07, 6.45) is 0. The van der Waals surface area contributed by atoms with Gasteiger partial charge in [0.1, 0.15) is 17.0 Å². The highest BCUT2D eigenvalue weighted by molar-refractivity contribution is 6.31. The van der Waals surface area contributed by atoms with Gasteiger partial charge in [-0.2, -0.15) is 5.10 Å². The maximum Gasteiger partial charge on any atom is 0.273 e. The van der Waals surface area contributed by atoms with Gasteiger partial charge in [0.2, 0.25) is 5.78 Å². The quantitative estimate of drug-likeness (QED) is 0.295. The number of aromatic nitrogens is 2. The van der Waals surface area contributed by atoms with E-state index < -0.39 is 5.91 Å². The van der Waals surface area contributed by atoms with Crippen molar-refractivity contribution >= 4 is 39.9 Å². The van der Waals surface area contributed by atoms with Crippen LogP contribution >= 0.6 is 11.6 Å². The molecule has 162 valence electrons. The van der Waals surface area contributed by atoms with E-state index in [1.54, 1.807) is 60.7 Å². The summed E-state index contributed by atoms with van der Waals surface area (Å²) in [5, 5.41) is 20.7. The second-order valence-corrected chi connectivity index (χ2v) is 7.72. The van der Waals surface area contributed by atoms with Gasteiger partial charge in [0.05, 0.1) is 11.4 Å². The number of halogens is 1. The van der Waals surface area contributed by atoms with Crippen LogP contribution < -0.4 is 5.32 Å². The van der Waals surface area contributed by atoms with Gasteiger partial charge in [-0.05, 0) is 36.4 Å². The molecule has 2 heterocycles. The van der Waals surface area contributed by atoms with Crippen molar-refractivity contribution < 1.29 is 19.1 Å². The van der Waals surface area contributed by atoms with E-state index in [1.165, 1.54) is 12.1 Å². The summed E-state index contributed by atoms with van der Waals surface area (Å²) < 4.78 is 5.82. The maximum absolute atomic E-state index is 13.1. The molecule has 7 nitrogen and oxygen atoms in total. The first-order valence-electron chi connectivity index (χ1n) is 9.98. The summed E-state index contributed by atoms with van der Waals surface area (Å²) in [6.45, 7) is 0. The summed E-state index contributed by atoms with van der Waals surface area (Å²) >= 11 is 6.01. The summed E-state index contributed by atoms with van der Waals surface area (Å²) in [5.74, 6) is -0.863. The van der Waals surface area contributed by atoms with Gasteiger partial charge in [-0.1, -0.05) is 54.1 Å². The van der Waals surface area contributed by atoms with Gasteiger partial charge in [-0.15, -0.1) is 0 Å². The van der Waals surface area contributed by atoms with Gasteiger partial charge in [-0.25, -0.2) is 0 Å².